The molecule has 0 saturated heterocycles. The Hall–Kier alpha value is -2.20. The van der Waals surface area contributed by atoms with Gasteiger partial charge in [0.25, 0.3) is 0 Å². The molecule has 2 aromatic rings. The molecule has 0 spiro atoms. The summed E-state index contributed by atoms with van der Waals surface area (Å²) in [6, 6.07) is 15.3. The van der Waals surface area contributed by atoms with Gasteiger partial charge in [0.2, 0.25) is 5.91 Å². The second kappa shape index (κ2) is 10.7. The van der Waals surface area contributed by atoms with Crippen LogP contribution in [0.15, 0.2) is 48.5 Å². The Labute approximate surface area is 162 Å². The Morgan fingerprint density at radius 1 is 1.12 bits per heavy atom. The molecule has 5 heteroatoms. The van der Waals surface area contributed by atoms with Crippen LogP contribution in [0.3, 0.4) is 0 Å². The maximum atomic E-state index is 12.5. The van der Waals surface area contributed by atoms with E-state index in [1.54, 1.807) is 0 Å². The van der Waals surface area contributed by atoms with E-state index in [2.05, 4.69) is 19.2 Å². The molecule has 26 heavy (non-hydrogen) atoms. The predicted octanol–water partition coefficient (Wildman–Crippen LogP) is 4.54. The molecule has 0 aromatic heterocycles. The third kappa shape index (κ3) is 6.60. The van der Waals surface area contributed by atoms with Crippen LogP contribution in [0.25, 0.3) is 0 Å². The average Bonchev–Trinajstić information content (AvgIpc) is 2.57. The summed E-state index contributed by atoms with van der Waals surface area (Å²) in [5, 5.41) is 3.18. The highest BCUT2D eigenvalue weighted by Crippen LogP contribution is 2.29. The van der Waals surface area contributed by atoms with Crippen LogP contribution in [-0.4, -0.2) is 12.5 Å². The lowest BCUT2D eigenvalue weighted by Gasteiger charge is -2.23. The number of nitrogens with two attached hydrogens (primary N) is 1. The topological polar surface area (TPSA) is 64.3 Å². The van der Waals surface area contributed by atoms with E-state index in [1.807, 2.05) is 55.5 Å². The van der Waals surface area contributed by atoms with Crippen molar-refractivity contribution >= 4 is 24.0 Å². The van der Waals surface area contributed by atoms with Crippen molar-refractivity contribution in [2.24, 2.45) is 5.92 Å². The number of halogens is 1. The molecule has 0 heterocycles. The van der Waals surface area contributed by atoms with Crippen molar-refractivity contribution in [2.75, 3.05) is 12.3 Å². The number of ether oxygens (including phenoxy) is 1. The van der Waals surface area contributed by atoms with Crippen LogP contribution >= 0.6 is 12.4 Å². The summed E-state index contributed by atoms with van der Waals surface area (Å²) in [4.78, 5) is 12.5. The quantitative estimate of drug-likeness (QED) is 0.665. The molecule has 1 amide bonds. The Bertz CT molecular complexity index is 687. The molecule has 2 aromatic carbocycles. The number of rotatable bonds is 8. The molecule has 142 valence electrons. The lowest BCUT2D eigenvalue weighted by molar-refractivity contribution is -0.121. The van der Waals surface area contributed by atoms with Gasteiger partial charge in [0, 0.05) is 11.3 Å². The number of nitrogen functional groups attached to an aromatic ring is 1. The van der Waals surface area contributed by atoms with E-state index < -0.39 is 0 Å². The molecule has 0 fully saturated rings. The molecule has 1 atom stereocenters. The van der Waals surface area contributed by atoms with Gasteiger partial charge in [-0.25, -0.2) is 0 Å². The number of benzene rings is 2. The van der Waals surface area contributed by atoms with Crippen molar-refractivity contribution in [1.29, 1.82) is 0 Å². The monoisotopic (exact) mass is 376 g/mol. The molecule has 0 bridgehead atoms. The molecule has 0 saturated carbocycles. The zero-order chi connectivity index (χ0) is 18.2. The minimum Gasteiger partial charge on any atom is -0.494 e. The van der Waals surface area contributed by atoms with Crippen molar-refractivity contribution < 1.29 is 9.53 Å². The van der Waals surface area contributed by atoms with Crippen molar-refractivity contribution in [2.45, 2.75) is 39.7 Å². The lowest BCUT2D eigenvalue weighted by atomic mass is 9.96. The highest BCUT2D eigenvalue weighted by molar-refractivity contribution is 5.85. The number of anilines is 1. The summed E-state index contributed by atoms with van der Waals surface area (Å²) in [5.41, 5.74) is 8.38. The molecule has 0 aliphatic carbocycles. The van der Waals surface area contributed by atoms with Crippen molar-refractivity contribution in [3.05, 3.63) is 59.7 Å². The van der Waals surface area contributed by atoms with Crippen LogP contribution in [0.4, 0.5) is 5.69 Å². The highest BCUT2D eigenvalue weighted by Gasteiger charge is 2.19. The molecular weight excluding hydrogens is 348 g/mol. The van der Waals surface area contributed by atoms with Crippen molar-refractivity contribution in [3.8, 4) is 5.75 Å². The third-order valence-electron chi connectivity index (χ3n) is 3.98. The van der Waals surface area contributed by atoms with Gasteiger partial charge in [-0.1, -0.05) is 44.2 Å². The maximum absolute atomic E-state index is 12.5. The molecular formula is C21H29ClN2O2. The number of hydrogen-bond donors (Lipinski definition) is 2. The number of nitrogens with one attached hydrogen (secondary N) is 1. The van der Waals surface area contributed by atoms with Gasteiger partial charge in [0.05, 0.1) is 19.1 Å². The second-order valence-corrected chi connectivity index (χ2v) is 6.64. The zero-order valence-electron chi connectivity index (χ0n) is 15.7. The first kappa shape index (κ1) is 21.8. The first-order valence-electron chi connectivity index (χ1n) is 8.85. The fraction of sp³-hybridized carbons (Fsp3) is 0.381. The Morgan fingerprint density at radius 3 is 2.38 bits per heavy atom. The summed E-state index contributed by atoms with van der Waals surface area (Å²) in [6.45, 7) is 6.88. The molecule has 2 rings (SSSR count). The Balaban J connectivity index is 0.00000338. The van der Waals surface area contributed by atoms with Crippen LogP contribution in [0.2, 0.25) is 0 Å². The normalized spacial score (nSPS) is 11.5. The summed E-state index contributed by atoms with van der Waals surface area (Å²) in [7, 11) is 0. The largest absolute Gasteiger partial charge is 0.494 e. The average molecular weight is 377 g/mol. The fourth-order valence-electron chi connectivity index (χ4n) is 2.86. The SMILES string of the molecule is CCOc1ccccc1C(CC(C)C)NC(=O)Cc1ccc(N)cc1.Cl. The summed E-state index contributed by atoms with van der Waals surface area (Å²) >= 11 is 0. The minimum absolute atomic E-state index is 0. The summed E-state index contributed by atoms with van der Waals surface area (Å²) in [5.74, 6) is 1.29. The van der Waals surface area contributed by atoms with E-state index >= 15 is 0 Å². The van der Waals surface area contributed by atoms with E-state index in [4.69, 9.17) is 10.5 Å². The number of carbonyl (C=O) groups excluding carboxylic acids is 1. The van der Waals surface area contributed by atoms with Gasteiger partial charge >= 0.3 is 0 Å². The first-order valence-corrected chi connectivity index (χ1v) is 8.85. The minimum atomic E-state index is -0.0657. The molecule has 4 nitrogen and oxygen atoms in total. The van der Waals surface area contributed by atoms with Gasteiger partial charge in [-0.15, -0.1) is 12.4 Å². The van der Waals surface area contributed by atoms with Crippen LogP contribution in [0.5, 0.6) is 5.75 Å². The van der Waals surface area contributed by atoms with Crippen LogP contribution in [0.1, 0.15) is 44.4 Å². The van der Waals surface area contributed by atoms with Gasteiger partial charge in [-0.05, 0) is 43.0 Å². The van der Waals surface area contributed by atoms with Gasteiger partial charge in [0.15, 0.2) is 0 Å². The third-order valence-corrected chi connectivity index (χ3v) is 3.98. The summed E-state index contributed by atoms with van der Waals surface area (Å²) in [6.07, 6.45) is 1.20. The van der Waals surface area contributed by atoms with E-state index in [0.29, 0.717) is 24.6 Å². The van der Waals surface area contributed by atoms with E-state index in [-0.39, 0.29) is 24.4 Å². The second-order valence-electron chi connectivity index (χ2n) is 6.64. The Morgan fingerprint density at radius 2 is 1.77 bits per heavy atom. The first-order chi connectivity index (χ1) is 12.0. The molecule has 0 radical (unpaired) electrons. The van der Waals surface area contributed by atoms with Crippen LogP contribution in [-0.2, 0) is 11.2 Å². The number of amides is 1. The van der Waals surface area contributed by atoms with Gasteiger partial charge in [-0.3, -0.25) is 4.79 Å². The van der Waals surface area contributed by atoms with Crippen molar-refractivity contribution in [1.82, 2.24) is 5.32 Å². The Kier molecular flexibility index (Phi) is 9.00. The van der Waals surface area contributed by atoms with E-state index in [9.17, 15) is 4.79 Å². The van der Waals surface area contributed by atoms with E-state index in [0.717, 1.165) is 23.3 Å². The van der Waals surface area contributed by atoms with Crippen LogP contribution < -0.4 is 15.8 Å². The van der Waals surface area contributed by atoms with Gasteiger partial charge in [-0.2, -0.15) is 0 Å². The number of carbonyl (C=O) groups is 1. The molecule has 0 aliphatic rings. The summed E-state index contributed by atoms with van der Waals surface area (Å²) < 4.78 is 5.75. The molecule has 3 N–H and O–H groups in total. The molecule has 1 unspecified atom stereocenters. The van der Waals surface area contributed by atoms with Gasteiger partial charge < -0.3 is 15.8 Å². The van der Waals surface area contributed by atoms with E-state index in [1.165, 1.54) is 0 Å². The predicted molar refractivity (Wildman–Crippen MR) is 110 cm³/mol. The van der Waals surface area contributed by atoms with Crippen molar-refractivity contribution in [3.63, 3.8) is 0 Å². The number of hydrogen-bond acceptors (Lipinski definition) is 3. The zero-order valence-corrected chi connectivity index (χ0v) is 16.5. The standard InChI is InChI=1S/C21H28N2O2.ClH/c1-4-25-20-8-6-5-7-18(20)19(13-15(2)3)23-21(24)14-16-9-11-17(22)12-10-16;/h5-12,15,19H,4,13-14,22H2,1-3H3,(H,23,24);1H. The maximum Gasteiger partial charge on any atom is 0.224 e. The molecule has 0 aliphatic heterocycles. The number of para-hydroxylation sites is 1. The highest BCUT2D eigenvalue weighted by atomic mass is 35.5. The lowest BCUT2D eigenvalue weighted by Crippen LogP contribution is -2.31. The van der Waals surface area contributed by atoms with Crippen LogP contribution in [0, 0.1) is 5.92 Å². The van der Waals surface area contributed by atoms with Gasteiger partial charge in [0.1, 0.15) is 5.75 Å². The fourth-order valence-corrected chi connectivity index (χ4v) is 2.86. The smallest absolute Gasteiger partial charge is 0.224 e.